The van der Waals surface area contributed by atoms with E-state index in [4.69, 9.17) is 0 Å². The standard InChI is InChI=1S/C9H13NO2S2/c1-8-4-6-9(7-5-8)14(11,12)10-13(2)3/h4-7H,1-3H3. The van der Waals surface area contributed by atoms with E-state index in [2.05, 4.69) is 3.77 Å². The lowest BCUT2D eigenvalue weighted by molar-refractivity contribution is 0.598. The molecular weight excluding hydrogens is 218 g/mol. The predicted molar refractivity (Wildman–Crippen MR) is 60.0 cm³/mol. The van der Waals surface area contributed by atoms with Crippen LogP contribution >= 0.6 is 0 Å². The molecule has 0 aliphatic heterocycles. The van der Waals surface area contributed by atoms with E-state index in [-0.39, 0.29) is 4.90 Å². The fourth-order valence-electron chi connectivity index (χ4n) is 0.950. The Labute approximate surface area is 87.3 Å². The third-order valence-corrected chi connectivity index (χ3v) is 4.41. The molecular formula is C9H13NO2S2. The van der Waals surface area contributed by atoms with Crippen molar-refractivity contribution in [3.63, 3.8) is 0 Å². The zero-order chi connectivity index (χ0) is 10.8. The monoisotopic (exact) mass is 231 g/mol. The highest BCUT2D eigenvalue weighted by Crippen LogP contribution is 2.13. The zero-order valence-electron chi connectivity index (χ0n) is 8.39. The van der Waals surface area contributed by atoms with Gasteiger partial charge in [-0.15, -0.1) is 3.77 Å². The normalized spacial score (nSPS) is 11.7. The second-order valence-electron chi connectivity index (χ2n) is 3.14. The van der Waals surface area contributed by atoms with Crippen LogP contribution < -0.4 is 0 Å². The minimum absolute atomic E-state index is 0.268. The third-order valence-electron chi connectivity index (χ3n) is 1.57. The van der Waals surface area contributed by atoms with Crippen molar-refractivity contribution in [2.24, 2.45) is 3.77 Å². The van der Waals surface area contributed by atoms with Gasteiger partial charge in [-0.1, -0.05) is 28.4 Å². The van der Waals surface area contributed by atoms with Gasteiger partial charge in [0.25, 0.3) is 10.0 Å². The number of aryl methyl sites for hydroxylation is 1. The van der Waals surface area contributed by atoms with Crippen LogP contribution in [-0.4, -0.2) is 20.9 Å². The van der Waals surface area contributed by atoms with Gasteiger partial charge in [-0.3, -0.25) is 0 Å². The van der Waals surface area contributed by atoms with Crippen LogP contribution in [0.15, 0.2) is 32.9 Å². The molecule has 0 unspecified atom stereocenters. The van der Waals surface area contributed by atoms with Crippen molar-refractivity contribution in [2.45, 2.75) is 11.8 Å². The first-order valence-electron chi connectivity index (χ1n) is 4.04. The Morgan fingerprint density at radius 2 is 1.64 bits per heavy atom. The van der Waals surface area contributed by atoms with Gasteiger partial charge in [-0.05, 0) is 31.6 Å². The van der Waals surface area contributed by atoms with E-state index in [1.165, 1.54) is 0 Å². The van der Waals surface area contributed by atoms with E-state index >= 15 is 0 Å². The Balaban J connectivity index is 3.18. The number of hydrogen-bond donors (Lipinski definition) is 0. The molecule has 0 fully saturated rings. The van der Waals surface area contributed by atoms with Crippen LogP contribution in [-0.2, 0) is 20.7 Å². The SMILES string of the molecule is Cc1ccc(S(=O)(=O)N=S(C)C)cc1. The molecule has 0 aliphatic carbocycles. The average molecular weight is 231 g/mol. The molecule has 0 atom stereocenters. The lowest BCUT2D eigenvalue weighted by Crippen LogP contribution is -1.98. The number of sulfonamides is 1. The van der Waals surface area contributed by atoms with Crippen LogP contribution in [0.2, 0.25) is 0 Å². The van der Waals surface area contributed by atoms with E-state index in [0.717, 1.165) is 5.56 Å². The summed E-state index contributed by atoms with van der Waals surface area (Å²) in [6, 6.07) is 6.71. The van der Waals surface area contributed by atoms with Crippen molar-refractivity contribution in [3.8, 4) is 0 Å². The van der Waals surface area contributed by atoms with Crippen molar-refractivity contribution in [1.82, 2.24) is 0 Å². The number of rotatable bonds is 2. The molecule has 14 heavy (non-hydrogen) atoms. The molecule has 1 aromatic carbocycles. The Morgan fingerprint density at radius 3 is 2.07 bits per heavy atom. The Hall–Kier alpha value is -0.680. The first kappa shape index (κ1) is 11.4. The van der Waals surface area contributed by atoms with Crippen molar-refractivity contribution in [3.05, 3.63) is 29.8 Å². The van der Waals surface area contributed by atoms with Gasteiger partial charge in [0, 0.05) is 0 Å². The smallest absolute Gasteiger partial charge is 0.199 e. The highest BCUT2D eigenvalue weighted by Gasteiger charge is 2.11. The molecule has 0 saturated heterocycles. The Kier molecular flexibility index (Phi) is 3.44. The van der Waals surface area contributed by atoms with Crippen LogP contribution in [0.1, 0.15) is 5.56 Å². The molecule has 0 aliphatic rings. The summed E-state index contributed by atoms with van der Waals surface area (Å²) in [5.41, 5.74) is 1.04. The summed E-state index contributed by atoms with van der Waals surface area (Å²) in [6.07, 6.45) is 3.54. The first-order chi connectivity index (χ1) is 6.42. The molecule has 0 N–H and O–H groups in total. The van der Waals surface area contributed by atoms with E-state index in [0.29, 0.717) is 0 Å². The Bertz CT molecular complexity index is 442. The highest BCUT2D eigenvalue weighted by atomic mass is 32.3. The minimum atomic E-state index is -3.44. The van der Waals surface area contributed by atoms with Crippen molar-refractivity contribution in [2.75, 3.05) is 12.5 Å². The van der Waals surface area contributed by atoms with E-state index in [1.54, 1.807) is 36.8 Å². The molecule has 0 saturated carbocycles. The maximum atomic E-state index is 11.6. The largest absolute Gasteiger partial charge is 0.287 e. The van der Waals surface area contributed by atoms with Crippen LogP contribution in [0.5, 0.6) is 0 Å². The van der Waals surface area contributed by atoms with Crippen LogP contribution in [0.4, 0.5) is 0 Å². The van der Waals surface area contributed by atoms with E-state index < -0.39 is 20.7 Å². The fraction of sp³-hybridized carbons (Fsp3) is 0.333. The van der Waals surface area contributed by atoms with Gasteiger partial charge >= 0.3 is 0 Å². The maximum Gasteiger partial charge on any atom is 0.287 e. The first-order valence-corrected chi connectivity index (χ1v) is 7.48. The molecule has 1 aromatic rings. The van der Waals surface area contributed by atoms with Gasteiger partial charge in [-0.25, -0.2) is 0 Å². The van der Waals surface area contributed by atoms with E-state index in [1.807, 2.05) is 6.92 Å². The number of benzene rings is 1. The van der Waals surface area contributed by atoms with Crippen molar-refractivity contribution >= 4 is 20.7 Å². The van der Waals surface area contributed by atoms with Crippen LogP contribution in [0.3, 0.4) is 0 Å². The summed E-state index contributed by atoms with van der Waals surface area (Å²) in [7, 11) is -3.89. The summed E-state index contributed by atoms with van der Waals surface area (Å²) in [6.45, 7) is 1.91. The van der Waals surface area contributed by atoms with Gasteiger partial charge in [0.1, 0.15) is 0 Å². The van der Waals surface area contributed by atoms with Crippen molar-refractivity contribution in [1.29, 1.82) is 0 Å². The lowest BCUT2D eigenvalue weighted by atomic mass is 10.2. The quantitative estimate of drug-likeness (QED) is 0.778. The molecule has 0 spiro atoms. The summed E-state index contributed by atoms with van der Waals surface area (Å²) < 4.78 is 26.9. The molecule has 78 valence electrons. The maximum absolute atomic E-state index is 11.6. The molecule has 3 nitrogen and oxygen atoms in total. The van der Waals surface area contributed by atoms with Crippen LogP contribution in [0.25, 0.3) is 0 Å². The third kappa shape index (κ3) is 2.92. The fourth-order valence-corrected chi connectivity index (χ4v) is 3.34. The molecule has 0 aromatic heterocycles. The summed E-state index contributed by atoms with van der Waals surface area (Å²) >= 11 is 0. The van der Waals surface area contributed by atoms with Gasteiger partial charge < -0.3 is 0 Å². The second kappa shape index (κ2) is 4.23. The molecule has 0 bridgehead atoms. The van der Waals surface area contributed by atoms with Gasteiger partial charge in [0.2, 0.25) is 0 Å². The highest BCUT2D eigenvalue weighted by molar-refractivity contribution is 7.99. The summed E-state index contributed by atoms with van der Waals surface area (Å²) in [5.74, 6) is 0. The van der Waals surface area contributed by atoms with Crippen molar-refractivity contribution < 1.29 is 8.42 Å². The number of nitrogens with zero attached hydrogens (tertiary/aromatic N) is 1. The molecule has 5 heteroatoms. The second-order valence-corrected chi connectivity index (χ2v) is 6.70. The molecule has 0 radical (unpaired) electrons. The van der Waals surface area contributed by atoms with E-state index in [9.17, 15) is 8.42 Å². The molecule has 0 heterocycles. The van der Waals surface area contributed by atoms with Gasteiger partial charge in [0.15, 0.2) is 0 Å². The molecule has 1 rings (SSSR count). The zero-order valence-corrected chi connectivity index (χ0v) is 10.0. The summed E-state index contributed by atoms with van der Waals surface area (Å²) in [5, 5.41) is 0. The lowest BCUT2D eigenvalue weighted by Gasteiger charge is -1.99. The average Bonchev–Trinajstić information content (AvgIpc) is 2.02. The summed E-state index contributed by atoms with van der Waals surface area (Å²) in [4.78, 5) is 0.268. The molecule has 0 amide bonds. The predicted octanol–water partition coefficient (Wildman–Crippen LogP) is 1.75. The van der Waals surface area contributed by atoms with Crippen LogP contribution in [0, 0.1) is 6.92 Å². The topological polar surface area (TPSA) is 46.5 Å². The number of hydrogen-bond acceptors (Lipinski definition) is 2. The van der Waals surface area contributed by atoms with Gasteiger partial charge in [-0.2, -0.15) is 8.42 Å². The Morgan fingerprint density at radius 1 is 1.14 bits per heavy atom. The van der Waals surface area contributed by atoms with Gasteiger partial charge in [0.05, 0.1) is 4.90 Å². The minimum Gasteiger partial charge on any atom is -0.199 e.